The number of piperidine rings is 1. The lowest BCUT2D eigenvalue weighted by Gasteiger charge is -2.35. The average molecular weight is 356 g/mol. The summed E-state index contributed by atoms with van der Waals surface area (Å²) >= 11 is 0. The molecule has 2 fully saturated rings. The molecule has 1 aromatic heterocycles. The molecule has 6 heteroatoms. The van der Waals surface area contributed by atoms with Crippen LogP contribution in [0.25, 0.3) is 0 Å². The van der Waals surface area contributed by atoms with E-state index in [4.69, 9.17) is 4.74 Å². The first-order chi connectivity index (χ1) is 12.8. The summed E-state index contributed by atoms with van der Waals surface area (Å²) < 4.78 is 19.0. The van der Waals surface area contributed by atoms with Crippen LogP contribution in [0.2, 0.25) is 0 Å². The van der Waals surface area contributed by atoms with Crippen LogP contribution in [-0.2, 0) is 4.74 Å². The predicted octanol–water partition coefficient (Wildman–Crippen LogP) is 3.14. The van der Waals surface area contributed by atoms with Crippen molar-refractivity contribution >= 4 is 17.2 Å². The van der Waals surface area contributed by atoms with E-state index in [1.54, 1.807) is 12.1 Å². The van der Waals surface area contributed by atoms with Crippen LogP contribution in [0.15, 0.2) is 42.6 Å². The Bertz CT molecular complexity index is 735. The zero-order valence-corrected chi connectivity index (χ0v) is 14.9. The number of hydrogen-bond donors (Lipinski definition) is 1. The first kappa shape index (κ1) is 17.1. The topological polar surface area (TPSA) is 40.6 Å². The Labute approximate surface area is 153 Å². The van der Waals surface area contributed by atoms with Gasteiger partial charge in [0.05, 0.1) is 13.2 Å². The van der Waals surface area contributed by atoms with E-state index < -0.39 is 0 Å². The minimum absolute atomic E-state index is 0.183. The summed E-state index contributed by atoms with van der Waals surface area (Å²) in [4.78, 5) is 9.07. The van der Waals surface area contributed by atoms with Gasteiger partial charge in [0.2, 0.25) is 0 Å². The van der Waals surface area contributed by atoms with Crippen molar-refractivity contribution in [3.63, 3.8) is 0 Å². The number of anilines is 3. The lowest BCUT2D eigenvalue weighted by atomic mass is 10.0. The van der Waals surface area contributed by atoms with Gasteiger partial charge in [-0.05, 0) is 37.1 Å². The van der Waals surface area contributed by atoms with Crippen LogP contribution >= 0.6 is 0 Å². The normalized spacial score (nSPS) is 20.9. The van der Waals surface area contributed by atoms with Gasteiger partial charge in [0.25, 0.3) is 0 Å². The number of nitrogens with zero attached hydrogens (tertiary/aromatic N) is 3. The number of aromatic nitrogens is 1. The van der Waals surface area contributed by atoms with Gasteiger partial charge in [-0.25, -0.2) is 9.37 Å². The van der Waals surface area contributed by atoms with Crippen LogP contribution in [0.1, 0.15) is 12.8 Å². The molecule has 4 rings (SSSR count). The zero-order valence-electron chi connectivity index (χ0n) is 14.9. The van der Waals surface area contributed by atoms with Crippen LogP contribution in [0.3, 0.4) is 0 Å². The fourth-order valence-corrected chi connectivity index (χ4v) is 3.73. The van der Waals surface area contributed by atoms with Crippen LogP contribution < -0.4 is 15.1 Å². The Balaban J connectivity index is 1.42. The number of morpholine rings is 1. The van der Waals surface area contributed by atoms with Crippen LogP contribution in [-0.4, -0.2) is 50.4 Å². The minimum atomic E-state index is -0.183. The molecule has 0 amide bonds. The lowest BCUT2D eigenvalue weighted by molar-refractivity contribution is 0.122. The van der Waals surface area contributed by atoms with Crippen molar-refractivity contribution in [3.05, 3.63) is 48.4 Å². The maximum absolute atomic E-state index is 13.5. The predicted molar refractivity (Wildman–Crippen MR) is 103 cm³/mol. The van der Waals surface area contributed by atoms with Crippen molar-refractivity contribution < 1.29 is 9.13 Å². The molecule has 1 atom stereocenters. The fourth-order valence-electron chi connectivity index (χ4n) is 3.73. The average Bonchev–Trinajstić information content (AvgIpc) is 2.69. The van der Waals surface area contributed by atoms with Gasteiger partial charge in [0.1, 0.15) is 11.6 Å². The van der Waals surface area contributed by atoms with Gasteiger partial charge < -0.3 is 19.9 Å². The summed E-state index contributed by atoms with van der Waals surface area (Å²) in [5.74, 6) is 0.720. The van der Waals surface area contributed by atoms with Gasteiger partial charge in [0.15, 0.2) is 0 Å². The summed E-state index contributed by atoms with van der Waals surface area (Å²) in [6.07, 6.45) is 4.03. The van der Waals surface area contributed by atoms with Crippen molar-refractivity contribution in [2.45, 2.75) is 18.9 Å². The van der Waals surface area contributed by atoms with E-state index in [0.29, 0.717) is 6.04 Å². The molecule has 2 aromatic rings. The highest BCUT2D eigenvalue weighted by Gasteiger charge is 2.21. The molecule has 2 aliphatic heterocycles. The van der Waals surface area contributed by atoms with Crippen LogP contribution in [0.5, 0.6) is 0 Å². The van der Waals surface area contributed by atoms with Gasteiger partial charge in [-0.1, -0.05) is 6.07 Å². The quantitative estimate of drug-likeness (QED) is 0.911. The second-order valence-electron chi connectivity index (χ2n) is 6.91. The maximum atomic E-state index is 13.5. The Morgan fingerprint density at radius 1 is 1.04 bits per heavy atom. The molecule has 138 valence electrons. The molecular formula is C20H25FN4O. The third-order valence-electron chi connectivity index (χ3n) is 5.07. The Hall–Kier alpha value is -2.34. The van der Waals surface area contributed by atoms with E-state index in [1.807, 2.05) is 12.3 Å². The van der Waals surface area contributed by atoms with E-state index in [1.165, 1.54) is 11.8 Å². The third kappa shape index (κ3) is 4.07. The molecule has 0 unspecified atom stereocenters. The van der Waals surface area contributed by atoms with Gasteiger partial charge in [0, 0.05) is 55.9 Å². The molecule has 0 radical (unpaired) electrons. The largest absolute Gasteiger partial charge is 0.378 e. The Morgan fingerprint density at radius 2 is 1.88 bits per heavy atom. The SMILES string of the molecule is Fc1cccc(N2CCC[C@@H](Nc3cc(N4CCOCC4)ccn3)C2)c1. The van der Waals surface area contributed by atoms with E-state index >= 15 is 0 Å². The molecule has 26 heavy (non-hydrogen) atoms. The van der Waals surface area contributed by atoms with Gasteiger partial charge >= 0.3 is 0 Å². The molecule has 0 aliphatic carbocycles. The Kier molecular flexibility index (Phi) is 5.20. The standard InChI is InChI=1S/C20H25FN4O/c21-16-3-1-5-18(13-16)25-8-2-4-17(15-25)23-20-14-19(6-7-22-20)24-9-11-26-12-10-24/h1,3,5-7,13-14,17H,2,4,8-12,15H2,(H,22,23)/t17-/m1/s1. The summed E-state index contributed by atoms with van der Waals surface area (Å²) in [5.41, 5.74) is 2.13. The number of halogens is 1. The number of nitrogens with one attached hydrogen (secondary N) is 1. The van der Waals surface area contributed by atoms with Gasteiger partial charge in [-0.15, -0.1) is 0 Å². The monoisotopic (exact) mass is 356 g/mol. The first-order valence-electron chi connectivity index (χ1n) is 9.34. The number of hydrogen-bond acceptors (Lipinski definition) is 5. The molecule has 0 bridgehead atoms. The fraction of sp³-hybridized carbons (Fsp3) is 0.450. The van der Waals surface area contributed by atoms with Crippen LogP contribution in [0, 0.1) is 5.82 Å². The van der Waals surface area contributed by atoms with Crippen molar-refractivity contribution in [1.82, 2.24) is 4.98 Å². The minimum Gasteiger partial charge on any atom is -0.378 e. The highest BCUT2D eigenvalue weighted by atomic mass is 19.1. The van der Waals surface area contributed by atoms with Crippen molar-refractivity contribution in [3.8, 4) is 0 Å². The van der Waals surface area contributed by atoms with E-state index in [0.717, 1.165) is 63.7 Å². The smallest absolute Gasteiger partial charge is 0.128 e. The highest BCUT2D eigenvalue weighted by molar-refractivity contribution is 5.55. The molecule has 0 spiro atoms. The van der Waals surface area contributed by atoms with Crippen molar-refractivity contribution in [1.29, 1.82) is 0 Å². The maximum Gasteiger partial charge on any atom is 0.128 e. The van der Waals surface area contributed by atoms with Gasteiger partial charge in [-0.3, -0.25) is 0 Å². The summed E-state index contributed by atoms with van der Waals surface area (Å²) in [5, 5.41) is 3.57. The summed E-state index contributed by atoms with van der Waals surface area (Å²) in [6, 6.07) is 11.3. The first-order valence-corrected chi connectivity index (χ1v) is 9.34. The summed E-state index contributed by atoms with van der Waals surface area (Å²) in [6.45, 7) is 5.20. The molecule has 2 saturated heterocycles. The number of ether oxygens (including phenoxy) is 1. The highest BCUT2D eigenvalue weighted by Crippen LogP contribution is 2.24. The van der Waals surface area contributed by atoms with Crippen molar-refractivity contribution in [2.24, 2.45) is 0 Å². The molecule has 3 heterocycles. The zero-order chi connectivity index (χ0) is 17.8. The van der Waals surface area contributed by atoms with Crippen molar-refractivity contribution in [2.75, 3.05) is 54.5 Å². The van der Waals surface area contributed by atoms with Crippen LogP contribution in [0.4, 0.5) is 21.6 Å². The molecule has 0 saturated carbocycles. The van der Waals surface area contributed by atoms with Gasteiger partial charge in [-0.2, -0.15) is 0 Å². The van der Waals surface area contributed by atoms with E-state index in [-0.39, 0.29) is 5.82 Å². The second kappa shape index (κ2) is 7.91. The van der Waals surface area contributed by atoms with E-state index in [2.05, 4.69) is 32.2 Å². The third-order valence-corrected chi connectivity index (χ3v) is 5.07. The number of pyridine rings is 1. The molecule has 1 N–H and O–H groups in total. The molecular weight excluding hydrogens is 331 g/mol. The number of benzene rings is 1. The molecule has 5 nitrogen and oxygen atoms in total. The molecule has 1 aromatic carbocycles. The van der Waals surface area contributed by atoms with E-state index in [9.17, 15) is 4.39 Å². The Morgan fingerprint density at radius 3 is 2.73 bits per heavy atom. The summed E-state index contributed by atoms with van der Waals surface area (Å²) in [7, 11) is 0. The molecule has 2 aliphatic rings. The lowest BCUT2D eigenvalue weighted by Crippen LogP contribution is -2.42. The second-order valence-corrected chi connectivity index (χ2v) is 6.91. The number of rotatable bonds is 4.